The van der Waals surface area contributed by atoms with E-state index in [-0.39, 0.29) is 44.6 Å². The molecule has 0 heterocycles. The zero-order valence-corrected chi connectivity index (χ0v) is 30.7. The minimum Gasteiger partial charge on any atom is -0.495 e. The molecule has 2 N–H and O–H groups in total. The van der Waals surface area contributed by atoms with E-state index in [1.165, 1.54) is 43.5 Å². The highest BCUT2D eigenvalue weighted by atomic mass is 35.5. The van der Waals surface area contributed by atoms with Crippen LogP contribution in [0.5, 0.6) is 5.75 Å². The highest BCUT2D eigenvalue weighted by Crippen LogP contribution is 2.42. The van der Waals surface area contributed by atoms with E-state index >= 15 is 8.78 Å². The molecule has 0 saturated heterocycles. The Morgan fingerprint density at radius 2 is 1.63 bits per heavy atom. The molecule has 52 heavy (non-hydrogen) atoms. The molecular weight excluding hydrogens is 747 g/mol. The number of aromatic carboxylic acids is 1. The minimum absolute atomic E-state index is 0.0135. The molecule has 0 unspecified atom stereocenters. The fraction of sp³-hybridized carbons (Fsp3) is 0.297. The van der Waals surface area contributed by atoms with E-state index in [2.05, 4.69) is 6.07 Å². The number of carboxylic acid groups (broad SMARTS) is 1. The molecule has 1 aliphatic carbocycles. The number of sulfonamides is 1. The smallest absolute Gasteiger partial charge is 0.335 e. The van der Waals surface area contributed by atoms with Crippen molar-refractivity contribution in [2.45, 2.75) is 57.9 Å². The molecule has 0 spiro atoms. The van der Waals surface area contributed by atoms with Gasteiger partial charge in [-0.25, -0.2) is 30.8 Å². The van der Waals surface area contributed by atoms with Crippen LogP contribution in [0.1, 0.15) is 77.7 Å². The number of hydrogen-bond donors (Lipinski definition) is 2. The predicted octanol–water partition coefficient (Wildman–Crippen LogP) is 9.00. The van der Waals surface area contributed by atoms with Crippen LogP contribution in [-0.4, -0.2) is 38.3 Å². The summed E-state index contributed by atoms with van der Waals surface area (Å²) in [6, 6.07) is 13.7. The topological polar surface area (TPSA) is 113 Å². The Morgan fingerprint density at radius 1 is 0.962 bits per heavy atom. The molecule has 1 aliphatic rings. The number of methoxy groups -OCH3 is 1. The Morgan fingerprint density at radius 3 is 2.25 bits per heavy atom. The first-order chi connectivity index (χ1) is 24.3. The van der Waals surface area contributed by atoms with Gasteiger partial charge in [0.05, 0.1) is 40.6 Å². The number of anilines is 2. The van der Waals surface area contributed by atoms with Crippen LogP contribution in [0.4, 0.5) is 28.9 Å². The fourth-order valence-electron chi connectivity index (χ4n) is 5.68. The van der Waals surface area contributed by atoms with E-state index in [9.17, 15) is 31.9 Å². The van der Waals surface area contributed by atoms with Gasteiger partial charge < -0.3 is 14.7 Å². The van der Waals surface area contributed by atoms with Crippen molar-refractivity contribution in [1.29, 1.82) is 0 Å². The SMILES string of the molecule is COc1cc(C(=O)O)ccc1N(Cc1cc(C2CC2)cc(C(C)(C)C)c1)C(=O)CS(=O)(=O)Nc1c(F)c(F)c(F)c(F)c1Cc1cccc(Cl)c1Cl. The lowest BCUT2D eigenvalue weighted by molar-refractivity contribution is -0.116. The van der Waals surface area contributed by atoms with Crippen molar-refractivity contribution in [3.05, 3.63) is 121 Å². The minimum atomic E-state index is -5.00. The van der Waals surface area contributed by atoms with Crippen LogP contribution in [0.2, 0.25) is 10.0 Å². The Labute approximate surface area is 308 Å². The summed E-state index contributed by atoms with van der Waals surface area (Å²) in [6.07, 6.45) is 1.26. The number of rotatable bonds is 12. The summed E-state index contributed by atoms with van der Waals surface area (Å²) in [4.78, 5) is 26.9. The van der Waals surface area contributed by atoms with Gasteiger partial charge in [0.25, 0.3) is 0 Å². The van der Waals surface area contributed by atoms with Gasteiger partial charge in [-0.3, -0.25) is 9.52 Å². The molecule has 4 aromatic carbocycles. The van der Waals surface area contributed by atoms with Crippen molar-refractivity contribution in [1.82, 2.24) is 0 Å². The van der Waals surface area contributed by atoms with Crippen LogP contribution in [-0.2, 0) is 33.2 Å². The van der Waals surface area contributed by atoms with E-state index in [0.717, 1.165) is 28.9 Å². The summed E-state index contributed by atoms with van der Waals surface area (Å²) in [5, 5.41) is 9.44. The zero-order chi connectivity index (χ0) is 38.3. The quantitative estimate of drug-likeness (QED) is 0.0844. The molecule has 0 aromatic heterocycles. The molecule has 4 aromatic rings. The van der Waals surface area contributed by atoms with Gasteiger partial charge in [0.2, 0.25) is 15.9 Å². The summed E-state index contributed by atoms with van der Waals surface area (Å²) in [5.74, 6) is -11.9. The van der Waals surface area contributed by atoms with E-state index in [0.29, 0.717) is 11.5 Å². The number of nitrogens with one attached hydrogen (secondary N) is 1. The molecule has 0 radical (unpaired) electrons. The summed E-state index contributed by atoms with van der Waals surface area (Å²) in [6.45, 7) is 5.86. The summed E-state index contributed by atoms with van der Waals surface area (Å²) < 4.78 is 93.8. The van der Waals surface area contributed by atoms with E-state index in [1.807, 2.05) is 32.9 Å². The molecule has 0 bridgehead atoms. The Hall–Kier alpha value is -4.33. The summed E-state index contributed by atoms with van der Waals surface area (Å²) >= 11 is 12.2. The van der Waals surface area contributed by atoms with Crippen molar-refractivity contribution in [2.75, 3.05) is 22.5 Å². The lowest BCUT2D eigenvalue weighted by Gasteiger charge is -2.27. The third-order valence-electron chi connectivity index (χ3n) is 8.62. The highest BCUT2D eigenvalue weighted by molar-refractivity contribution is 7.93. The highest BCUT2D eigenvalue weighted by Gasteiger charge is 2.32. The number of halogens is 6. The standard InChI is InChI=1S/C37H34Cl2F4N2O6S/c1-37(2,3)24-13-19(12-23(14-24)20-8-9-20)17-45(27-11-10-22(36(47)48)16-28(27)51-4)29(46)18-52(49,50)44-35-25(31(40)32(41)33(42)34(35)43)15-21-6-5-7-26(38)30(21)39/h5-7,10-14,16,20,44H,8-9,15,17-18H2,1-4H3,(H,47,48). The first kappa shape index (κ1) is 38.9. The second-order valence-corrected chi connectivity index (χ2v) is 16.0. The number of carbonyl (C=O) groups excluding carboxylic acids is 1. The second kappa shape index (κ2) is 15.0. The number of ether oxygens (including phenoxy) is 1. The van der Waals surface area contributed by atoms with Crippen LogP contribution in [0, 0.1) is 23.3 Å². The lowest BCUT2D eigenvalue weighted by Crippen LogP contribution is -2.37. The molecule has 1 saturated carbocycles. The van der Waals surface area contributed by atoms with E-state index in [1.54, 1.807) is 4.72 Å². The zero-order valence-electron chi connectivity index (χ0n) is 28.4. The average molecular weight is 782 g/mol. The molecule has 5 rings (SSSR count). The monoisotopic (exact) mass is 780 g/mol. The lowest BCUT2D eigenvalue weighted by atomic mass is 9.84. The van der Waals surface area contributed by atoms with Gasteiger partial charge in [-0.2, -0.15) is 0 Å². The molecule has 0 aliphatic heterocycles. The van der Waals surface area contributed by atoms with Gasteiger partial charge in [0, 0.05) is 12.0 Å². The summed E-state index contributed by atoms with van der Waals surface area (Å²) in [7, 11) is -3.76. The predicted molar refractivity (Wildman–Crippen MR) is 191 cm³/mol. The Balaban J connectivity index is 1.56. The van der Waals surface area contributed by atoms with Crippen molar-refractivity contribution in [2.24, 2.45) is 0 Å². The Bertz CT molecular complexity index is 2190. The maximum atomic E-state index is 15.3. The van der Waals surface area contributed by atoms with Gasteiger partial charge >= 0.3 is 5.97 Å². The number of carbonyl (C=O) groups is 2. The van der Waals surface area contributed by atoms with Gasteiger partial charge in [-0.15, -0.1) is 0 Å². The average Bonchev–Trinajstić information content (AvgIpc) is 3.93. The fourth-order valence-corrected chi connectivity index (χ4v) is 7.14. The maximum Gasteiger partial charge on any atom is 0.335 e. The van der Waals surface area contributed by atoms with Gasteiger partial charge in [-0.1, -0.05) is 74.3 Å². The molecule has 0 atom stereocenters. The van der Waals surface area contributed by atoms with Gasteiger partial charge in [0.15, 0.2) is 23.3 Å². The first-order valence-corrected chi connectivity index (χ1v) is 18.4. The number of hydrogen-bond acceptors (Lipinski definition) is 5. The van der Waals surface area contributed by atoms with E-state index < -0.39 is 68.6 Å². The van der Waals surface area contributed by atoms with Crippen LogP contribution in [0.25, 0.3) is 0 Å². The molecule has 15 heteroatoms. The van der Waals surface area contributed by atoms with Crippen molar-refractivity contribution in [3.8, 4) is 5.75 Å². The van der Waals surface area contributed by atoms with Crippen molar-refractivity contribution < 1.29 is 45.4 Å². The van der Waals surface area contributed by atoms with Gasteiger partial charge in [-0.05, 0) is 70.7 Å². The Kier molecular flexibility index (Phi) is 11.2. The van der Waals surface area contributed by atoms with Crippen LogP contribution < -0.4 is 14.4 Å². The van der Waals surface area contributed by atoms with E-state index in [4.69, 9.17) is 27.9 Å². The van der Waals surface area contributed by atoms with Crippen LogP contribution in [0.3, 0.4) is 0 Å². The number of amides is 1. The third-order valence-corrected chi connectivity index (χ3v) is 10.6. The van der Waals surface area contributed by atoms with Crippen LogP contribution >= 0.6 is 23.2 Å². The third kappa shape index (κ3) is 8.48. The first-order valence-electron chi connectivity index (χ1n) is 16.0. The number of nitrogens with zero attached hydrogens (tertiary/aromatic N) is 1. The van der Waals surface area contributed by atoms with Crippen LogP contribution in [0.15, 0.2) is 54.6 Å². The normalized spacial score (nSPS) is 13.2. The maximum absolute atomic E-state index is 15.3. The largest absolute Gasteiger partial charge is 0.495 e. The molecular formula is C37H34Cl2F4N2O6S. The summed E-state index contributed by atoms with van der Waals surface area (Å²) in [5.41, 5.74) is 0.0465. The molecule has 1 fully saturated rings. The number of carboxylic acids is 1. The van der Waals surface area contributed by atoms with Crippen molar-refractivity contribution >= 4 is 56.5 Å². The van der Waals surface area contributed by atoms with Crippen molar-refractivity contribution in [3.63, 3.8) is 0 Å². The molecule has 276 valence electrons. The molecule has 8 nitrogen and oxygen atoms in total. The van der Waals surface area contributed by atoms with Gasteiger partial charge in [0.1, 0.15) is 11.5 Å². The second-order valence-electron chi connectivity index (χ2n) is 13.5. The number of benzene rings is 4. The molecule has 1 amide bonds.